The van der Waals surface area contributed by atoms with Gasteiger partial charge in [0, 0.05) is 11.9 Å². The standard InChI is InChI=1S/C22H25N3O2S/c1-4-22-23-17(15-28-22)13-25(3)14-21(26)24-19-7-5-6-8-20(19)27-18-11-9-16(2)10-12-18/h5-12,15H,4,13-14H2,1-3H3,(H,24,26). The molecule has 5 nitrogen and oxygen atoms in total. The van der Waals surface area contributed by atoms with Crippen molar-refractivity contribution in [3.63, 3.8) is 0 Å². The van der Waals surface area contributed by atoms with Crippen LogP contribution in [0.4, 0.5) is 5.69 Å². The second kappa shape index (κ2) is 9.48. The molecule has 0 saturated carbocycles. The average molecular weight is 396 g/mol. The van der Waals surface area contributed by atoms with Gasteiger partial charge in [0.2, 0.25) is 5.91 Å². The summed E-state index contributed by atoms with van der Waals surface area (Å²) < 4.78 is 5.94. The van der Waals surface area contributed by atoms with Crippen LogP contribution >= 0.6 is 11.3 Å². The van der Waals surface area contributed by atoms with E-state index in [4.69, 9.17) is 4.74 Å². The van der Waals surface area contributed by atoms with Crippen LogP contribution in [-0.4, -0.2) is 29.4 Å². The van der Waals surface area contributed by atoms with Crippen LogP contribution in [0, 0.1) is 6.92 Å². The predicted molar refractivity (Wildman–Crippen MR) is 114 cm³/mol. The van der Waals surface area contributed by atoms with E-state index in [9.17, 15) is 4.79 Å². The van der Waals surface area contributed by atoms with E-state index in [2.05, 4.69) is 22.6 Å². The first-order chi connectivity index (χ1) is 13.5. The fourth-order valence-corrected chi connectivity index (χ4v) is 3.48. The molecule has 0 atom stereocenters. The number of likely N-dealkylation sites (N-methyl/N-ethyl adjacent to an activating group) is 1. The molecule has 0 radical (unpaired) electrons. The van der Waals surface area contributed by atoms with E-state index in [1.54, 1.807) is 11.3 Å². The second-order valence-corrected chi connectivity index (χ2v) is 7.66. The Bertz CT molecular complexity index is 922. The number of nitrogens with one attached hydrogen (secondary N) is 1. The van der Waals surface area contributed by atoms with Gasteiger partial charge < -0.3 is 10.1 Å². The number of aromatic nitrogens is 1. The van der Waals surface area contributed by atoms with Crippen molar-refractivity contribution in [2.75, 3.05) is 18.9 Å². The Balaban J connectivity index is 1.59. The second-order valence-electron chi connectivity index (χ2n) is 6.72. The van der Waals surface area contributed by atoms with E-state index in [1.165, 1.54) is 5.56 Å². The molecular formula is C22H25N3O2S. The Labute approximate surface area is 170 Å². The molecule has 3 aromatic rings. The molecule has 2 aromatic carbocycles. The molecule has 146 valence electrons. The first-order valence-electron chi connectivity index (χ1n) is 9.28. The smallest absolute Gasteiger partial charge is 0.238 e. The normalized spacial score (nSPS) is 10.9. The average Bonchev–Trinajstić information content (AvgIpc) is 3.12. The van der Waals surface area contributed by atoms with Gasteiger partial charge in [-0.1, -0.05) is 36.8 Å². The van der Waals surface area contributed by atoms with Crippen molar-refractivity contribution in [3.05, 3.63) is 70.2 Å². The minimum absolute atomic E-state index is 0.0894. The number of aryl methyl sites for hydroxylation is 2. The molecule has 1 amide bonds. The van der Waals surface area contributed by atoms with Gasteiger partial charge in [-0.15, -0.1) is 11.3 Å². The first-order valence-corrected chi connectivity index (χ1v) is 10.2. The molecule has 1 aromatic heterocycles. The van der Waals surface area contributed by atoms with Gasteiger partial charge in [-0.3, -0.25) is 9.69 Å². The molecule has 0 unspecified atom stereocenters. The van der Waals surface area contributed by atoms with Gasteiger partial charge in [0.15, 0.2) is 5.75 Å². The highest BCUT2D eigenvalue weighted by molar-refractivity contribution is 7.09. The lowest BCUT2D eigenvalue weighted by atomic mass is 10.2. The van der Waals surface area contributed by atoms with Crippen LogP contribution < -0.4 is 10.1 Å². The molecule has 0 aliphatic carbocycles. The zero-order valence-corrected chi connectivity index (χ0v) is 17.3. The lowest BCUT2D eigenvalue weighted by Gasteiger charge is -2.16. The Morgan fingerprint density at radius 1 is 1.18 bits per heavy atom. The van der Waals surface area contributed by atoms with Crippen molar-refractivity contribution in [1.82, 2.24) is 9.88 Å². The summed E-state index contributed by atoms with van der Waals surface area (Å²) >= 11 is 1.66. The number of nitrogens with zero attached hydrogens (tertiary/aromatic N) is 2. The minimum Gasteiger partial charge on any atom is -0.455 e. The quantitative estimate of drug-likeness (QED) is 0.591. The number of hydrogen-bond donors (Lipinski definition) is 1. The summed E-state index contributed by atoms with van der Waals surface area (Å²) in [5.74, 6) is 1.27. The Kier molecular flexibility index (Phi) is 6.79. The number of hydrogen-bond acceptors (Lipinski definition) is 5. The van der Waals surface area contributed by atoms with Gasteiger partial charge in [0.1, 0.15) is 5.75 Å². The molecular weight excluding hydrogens is 370 g/mol. The molecule has 1 heterocycles. The van der Waals surface area contributed by atoms with E-state index < -0.39 is 0 Å². The van der Waals surface area contributed by atoms with Crippen LogP contribution in [0.5, 0.6) is 11.5 Å². The number of ether oxygens (including phenoxy) is 1. The van der Waals surface area contributed by atoms with Crippen LogP contribution in [0.3, 0.4) is 0 Å². The molecule has 0 aliphatic rings. The fourth-order valence-electron chi connectivity index (χ4n) is 2.74. The van der Waals surface area contributed by atoms with Crippen LogP contribution in [0.2, 0.25) is 0 Å². The van der Waals surface area contributed by atoms with Crippen molar-refractivity contribution < 1.29 is 9.53 Å². The molecule has 0 spiro atoms. The number of para-hydroxylation sites is 2. The van der Waals surface area contributed by atoms with Crippen molar-refractivity contribution in [1.29, 1.82) is 0 Å². The molecule has 0 aliphatic heterocycles. The molecule has 28 heavy (non-hydrogen) atoms. The zero-order chi connectivity index (χ0) is 19.9. The molecule has 1 N–H and O–H groups in total. The number of benzene rings is 2. The van der Waals surface area contributed by atoms with Gasteiger partial charge in [-0.25, -0.2) is 4.98 Å². The van der Waals surface area contributed by atoms with Crippen molar-refractivity contribution in [2.24, 2.45) is 0 Å². The number of thiazole rings is 1. The lowest BCUT2D eigenvalue weighted by Crippen LogP contribution is -2.30. The van der Waals surface area contributed by atoms with Crippen LogP contribution in [0.25, 0.3) is 0 Å². The summed E-state index contributed by atoms with van der Waals surface area (Å²) in [6.45, 7) is 5.04. The SMILES string of the molecule is CCc1nc(CN(C)CC(=O)Nc2ccccc2Oc2ccc(C)cc2)cs1. The van der Waals surface area contributed by atoms with E-state index in [0.717, 1.165) is 22.9 Å². The van der Waals surface area contributed by atoms with Crippen molar-refractivity contribution in [2.45, 2.75) is 26.8 Å². The maximum absolute atomic E-state index is 12.5. The summed E-state index contributed by atoms with van der Waals surface area (Å²) in [4.78, 5) is 19.0. The van der Waals surface area contributed by atoms with Gasteiger partial charge >= 0.3 is 0 Å². The number of rotatable bonds is 8. The highest BCUT2D eigenvalue weighted by Gasteiger charge is 2.12. The highest BCUT2D eigenvalue weighted by atomic mass is 32.1. The molecule has 0 bridgehead atoms. The molecule has 6 heteroatoms. The summed E-state index contributed by atoms with van der Waals surface area (Å²) in [6.07, 6.45) is 0.937. The first kappa shape index (κ1) is 20.0. The fraction of sp³-hybridized carbons (Fsp3) is 0.273. The van der Waals surface area contributed by atoms with Crippen LogP contribution in [0.1, 0.15) is 23.2 Å². The third kappa shape index (κ3) is 5.65. The Hall–Kier alpha value is -2.70. The third-order valence-electron chi connectivity index (χ3n) is 4.16. The van der Waals surface area contributed by atoms with Gasteiger partial charge in [0.05, 0.1) is 22.9 Å². The maximum Gasteiger partial charge on any atom is 0.238 e. The zero-order valence-electron chi connectivity index (χ0n) is 16.4. The maximum atomic E-state index is 12.5. The van der Waals surface area contributed by atoms with Crippen LogP contribution in [-0.2, 0) is 17.8 Å². The van der Waals surface area contributed by atoms with Gasteiger partial charge in [-0.05, 0) is 44.7 Å². The van der Waals surface area contributed by atoms with Crippen molar-refractivity contribution >= 4 is 22.9 Å². The highest BCUT2D eigenvalue weighted by Crippen LogP contribution is 2.29. The number of amides is 1. The minimum atomic E-state index is -0.0894. The Morgan fingerprint density at radius 3 is 2.64 bits per heavy atom. The third-order valence-corrected chi connectivity index (χ3v) is 5.20. The molecule has 0 saturated heterocycles. The van der Waals surface area contributed by atoms with Crippen LogP contribution in [0.15, 0.2) is 53.9 Å². The number of anilines is 1. The van der Waals surface area contributed by atoms with E-state index in [-0.39, 0.29) is 12.5 Å². The van der Waals surface area contributed by atoms with E-state index in [0.29, 0.717) is 18.0 Å². The van der Waals surface area contributed by atoms with E-state index in [1.807, 2.05) is 67.4 Å². The topological polar surface area (TPSA) is 54.5 Å². The summed E-state index contributed by atoms with van der Waals surface area (Å²) in [5, 5.41) is 6.13. The monoisotopic (exact) mass is 395 g/mol. The summed E-state index contributed by atoms with van der Waals surface area (Å²) in [5.41, 5.74) is 2.83. The summed E-state index contributed by atoms with van der Waals surface area (Å²) in [6, 6.07) is 15.3. The lowest BCUT2D eigenvalue weighted by molar-refractivity contribution is -0.117. The number of carbonyl (C=O) groups excluding carboxylic acids is 1. The predicted octanol–water partition coefficient (Wildman–Crippen LogP) is 4.88. The van der Waals surface area contributed by atoms with Gasteiger partial charge in [-0.2, -0.15) is 0 Å². The Morgan fingerprint density at radius 2 is 1.93 bits per heavy atom. The number of carbonyl (C=O) groups is 1. The summed E-state index contributed by atoms with van der Waals surface area (Å²) in [7, 11) is 1.92. The van der Waals surface area contributed by atoms with Crippen molar-refractivity contribution in [3.8, 4) is 11.5 Å². The largest absolute Gasteiger partial charge is 0.455 e. The molecule has 3 rings (SSSR count). The van der Waals surface area contributed by atoms with E-state index >= 15 is 0 Å². The van der Waals surface area contributed by atoms with Gasteiger partial charge in [0.25, 0.3) is 0 Å². The molecule has 0 fully saturated rings.